The molecule has 1 fully saturated rings. The van der Waals surface area contributed by atoms with E-state index < -0.39 is 9.84 Å². The van der Waals surface area contributed by atoms with E-state index in [9.17, 15) is 8.42 Å². The number of sulfone groups is 1. The van der Waals surface area contributed by atoms with Crippen LogP contribution in [0.25, 0.3) is 11.1 Å². The fraction of sp³-hybridized carbons (Fsp3) is 0.350. The maximum absolute atomic E-state index is 12.4. The van der Waals surface area contributed by atoms with Crippen molar-refractivity contribution in [3.63, 3.8) is 0 Å². The molecule has 0 saturated carbocycles. The van der Waals surface area contributed by atoms with Crippen molar-refractivity contribution < 1.29 is 12.8 Å². The number of piperidine rings is 1. The molecule has 1 aliphatic rings. The van der Waals surface area contributed by atoms with Crippen molar-refractivity contribution in [1.29, 1.82) is 0 Å². The van der Waals surface area contributed by atoms with Gasteiger partial charge in [-0.05, 0) is 50.2 Å². The van der Waals surface area contributed by atoms with Crippen LogP contribution in [-0.4, -0.2) is 43.7 Å². The number of hydrogen-bond acceptors (Lipinski definition) is 5. The standard InChI is InChI=1S/C20H22N2O3S/c23-26(24,17-6-2-1-3-7-17)15-14-22-12-10-16(11-13-22)20-21-18-8-4-5-9-19(18)25-20/h1-9,16H,10-15H2. The molecule has 2 aromatic carbocycles. The van der Waals surface area contributed by atoms with Crippen molar-refractivity contribution in [2.45, 2.75) is 23.7 Å². The van der Waals surface area contributed by atoms with Crippen molar-refractivity contribution in [3.8, 4) is 0 Å². The number of nitrogens with zero attached hydrogens (tertiary/aromatic N) is 2. The number of hydrogen-bond donors (Lipinski definition) is 0. The normalized spacial score (nSPS) is 16.9. The quantitative estimate of drug-likeness (QED) is 0.688. The van der Waals surface area contributed by atoms with E-state index in [1.807, 2.05) is 30.3 Å². The second kappa shape index (κ2) is 7.21. The van der Waals surface area contributed by atoms with Crippen LogP contribution in [-0.2, 0) is 9.84 Å². The van der Waals surface area contributed by atoms with Gasteiger partial charge in [0.15, 0.2) is 21.3 Å². The van der Waals surface area contributed by atoms with Crippen LogP contribution in [0.15, 0.2) is 63.9 Å². The van der Waals surface area contributed by atoms with Gasteiger partial charge < -0.3 is 9.32 Å². The van der Waals surface area contributed by atoms with E-state index in [1.165, 1.54) is 0 Å². The number of fused-ring (bicyclic) bond motifs is 1. The topological polar surface area (TPSA) is 63.4 Å². The number of benzene rings is 2. The molecular formula is C20H22N2O3S. The fourth-order valence-electron chi connectivity index (χ4n) is 3.46. The van der Waals surface area contributed by atoms with E-state index in [0.29, 0.717) is 17.4 Å². The highest BCUT2D eigenvalue weighted by molar-refractivity contribution is 7.91. The Morgan fingerprint density at radius 1 is 1.00 bits per heavy atom. The molecule has 5 nitrogen and oxygen atoms in total. The van der Waals surface area contributed by atoms with Gasteiger partial charge in [0, 0.05) is 12.5 Å². The van der Waals surface area contributed by atoms with Gasteiger partial charge in [0.05, 0.1) is 10.6 Å². The molecule has 0 radical (unpaired) electrons. The molecule has 1 saturated heterocycles. The first kappa shape index (κ1) is 17.2. The molecule has 26 heavy (non-hydrogen) atoms. The summed E-state index contributed by atoms with van der Waals surface area (Å²) in [5.74, 6) is 1.28. The van der Waals surface area contributed by atoms with Crippen LogP contribution in [0.5, 0.6) is 0 Å². The highest BCUT2D eigenvalue weighted by atomic mass is 32.2. The van der Waals surface area contributed by atoms with Gasteiger partial charge in [0.25, 0.3) is 0 Å². The summed E-state index contributed by atoms with van der Waals surface area (Å²) in [5.41, 5.74) is 1.73. The van der Waals surface area contributed by atoms with E-state index >= 15 is 0 Å². The maximum atomic E-state index is 12.4. The van der Waals surface area contributed by atoms with Gasteiger partial charge in [-0.25, -0.2) is 13.4 Å². The molecule has 0 amide bonds. The van der Waals surface area contributed by atoms with Crippen LogP contribution in [0.3, 0.4) is 0 Å². The molecular weight excluding hydrogens is 348 g/mol. The molecule has 1 aliphatic heterocycles. The van der Waals surface area contributed by atoms with Gasteiger partial charge >= 0.3 is 0 Å². The van der Waals surface area contributed by atoms with Crippen molar-refractivity contribution in [2.24, 2.45) is 0 Å². The molecule has 6 heteroatoms. The van der Waals surface area contributed by atoms with Crippen LogP contribution in [0.1, 0.15) is 24.7 Å². The molecule has 4 rings (SSSR count). The smallest absolute Gasteiger partial charge is 0.198 e. The minimum Gasteiger partial charge on any atom is -0.440 e. The van der Waals surface area contributed by atoms with Crippen LogP contribution in [0, 0.1) is 0 Å². The Bertz CT molecular complexity index is 941. The molecule has 0 bridgehead atoms. The van der Waals surface area contributed by atoms with Gasteiger partial charge in [0.1, 0.15) is 5.52 Å². The second-order valence-corrected chi connectivity index (χ2v) is 8.88. The zero-order valence-electron chi connectivity index (χ0n) is 14.5. The lowest BCUT2D eigenvalue weighted by Gasteiger charge is -2.30. The van der Waals surface area contributed by atoms with E-state index in [-0.39, 0.29) is 5.75 Å². The molecule has 0 aliphatic carbocycles. The lowest BCUT2D eigenvalue weighted by molar-refractivity contribution is 0.210. The number of oxazole rings is 1. The minimum atomic E-state index is -3.22. The van der Waals surface area contributed by atoms with Gasteiger partial charge in [-0.3, -0.25) is 0 Å². The molecule has 2 heterocycles. The first-order chi connectivity index (χ1) is 12.6. The highest BCUT2D eigenvalue weighted by Crippen LogP contribution is 2.29. The minimum absolute atomic E-state index is 0.157. The summed E-state index contributed by atoms with van der Waals surface area (Å²) in [6.07, 6.45) is 1.89. The molecule has 0 atom stereocenters. The van der Waals surface area contributed by atoms with Crippen molar-refractivity contribution in [1.82, 2.24) is 9.88 Å². The Morgan fingerprint density at radius 3 is 2.42 bits per heavy atom. The first-order valence-corrected chi connectivity index (χ1v) is 10.6. The van der Waals surface area contributed by atoms with Gasteiger partial charge in [-0.2, -0.15) is 0 Å². The molecule has 1 aromatic heterocycles. The Balaban J connectivity index is 1.34. The second-order valence-electron chi connectivity index (χ2n) is 6.77. The third-order valence-corrected chi connectivity index (χ3v) is 6.74. The summed E-state index contributed by atoms with van der Waals surface area (Å²) < 4.78 is 30.7. The molecule has 0 unspecified atom stereocenters. The third-order valence-electron chi connectivity index (χ3n) is 5.03. The highest BCUT2D eigenvalue weighted by Gasteiger charge is 2.25. The van der Waals surface area contributed by atoms with Crippen molar-refractivity contribution in [2.75, 3.05) is 25.4 Å². The van der Waals surface area contributed by atoms with Gasteiger partial charge in [-0.1, -0.05) is 30.3 Å². The van der Waals surface area contributed by atoms with Crippen LogP contribution < -0.4 is 0 Å². The average Bonchev–Trinajstić information content (AvgIpc) is 3.12. The number of likely N-dealkylation sites (tertiary alicyclic amines) is 1. The zero-order chi connectivity index (χ0) is 18.0. The zero-order valence-corrected chi connectivity index (χ0v) is 15.4. The predicted octanol–water partition coefficient (Wildman–Crippen LogP) is 3.48. The molecule has 136 valence electrons. The summed E-state index contributed by atoms with van der Waals surface area (Å²) in [7, 11) is -3.22. The maximum Gasteiger partial charge on any atom is 0.198 e. The number of para-hydroxylation sites is 2. The Kier molecular flexibility index (Phi) is 4.78. The molecule has 0 N–H and O–H groups in total. The molecule has 0 spiro atoms. The van der Waals surface area contributed by atoms with E-state index in [4.69, 9.17) is 4.42 Å². The first-order valence-electron chi connectivity index (χ1n) is 8.97. The Hall–Kier alpha value is -2.18. The summed E-state index contributed by atoms with van der Waals surface area (Å²) in [5, 5.41) is 0. The van der Waals surface area contributed by atoms with E-state index in [1.54, 1.807) is 24.3 Å². The molecule has 3 aromatic rings. The lowest BCUT2D eigenvalue weighted by atomic mass is 9.97. The van der Waals surface area contributed by atoms with Crippen LogP contribution in [0.2, 0.25) is 0 Å². The Labute approximate surface area is 153 Å². The fourth-order valence-corrected chi connectivity index (χ4v) is 4.77. The van der Waals surface area contributed by atoms with E-state index in [2.05, 4.69) is 9.88 Å². The lowest BCUT2D eigenvalue weighted by Crippen LogP contribution is -2.36. The van der Waals surface area contributed by atoms with E-state index in [0.717, 1.165) is 42.9 Å². The monoisotopic (exact) mass is 370 g/mol. The summed E-state index contributed by atoms with van der Waals surface area (Å²) >= 11 is 0. The predicted molar refractivity (Wildman–Crippen MR) is 101 cm³/mol. The number of aromatic nitrogens is 1. The van der Waals surface area contributed by atoms with Crippen LogP contribution >= 0.6 is 0 Å². The SMILES string of the molecule is O=S(=O)(CCN1CCC(c2nc3ccccc3o2)CC1)c1ccccc1. The van der Waals surface area contributed by atoms with Gasteiger partial charge in [-0.15, -0.1) is 0 Å². The summed E-state index contributed by atoms with van der Waals surface area (Å²) in [4.78, 5) is 7.23. The average molecular weight is 370 g/mol. The number of rotatable bonds is 5. The van der Waals surface area contributed by atoms with Crippen molar-refractivity contribution >= 4 is 20.9 Å². The van der Waals surface area contributed by atoms with Crippen LogP contribution in [0.4, 0.5) is 0 Å². The van der Waals surface area contributed by atoms with Gasteiger partial charge in [0.2, 0.25) is 0 Å². The largest absolute Gasteiger partial charge is 0.440 e. The Morgan fingerprint density at radius 2 is 1.69 bits per heavy atom. The summed E-state index contributed by atoms with van der Waals surface area (Å²) in [6, 6.07) is 16.5. The third kappa shape index (κ3) is 3.66. The van der Waals surface area contributed by atoms with Crippen molar-refractivity contribution in [3.05, 3.63) is 60.5 Å². The summed E-state index contributed by atoms with van der Waals surface area (Å²) in [6.45, 7) is 2.30.